The molecule has 0 saturated heterocycles. The van der Waals surface area contributed by atoms with Crippen LogP contribution in [0, 0.1) is 0 Å². The summed E-state index contributed by atoms with van der Waals surface area (Å²) < 4.78 is 4.79. The number of aromatic nitrogens is 1. The van der Waals surface area contributed by atoms with E-state index in [2.05, 4.69) is 4.98 Å². The molecular formula is C7H9N3O2. The Morgan fingerprint density at radius 1 is 1.67 bits per heavy atom. The number of carbonyl (C=O) groups is 1. The second-order valence-electron chi connectivity index (χ2n) is 2.15. The number of nitrogen functional groups attached to an aromatic ring is 1. The van der Waals surface area contributed by atoms with Crippen LogP contribution in [0.4, 0.5) is 5.69 Å². The van der Waals surface area contributed by atoms with E-state index in [-0.39, 0.29) is 17.1 Å². The van der Waals surface area contributed by atoms with Gasteiger partial charge in [0.25, 0.3) is 5.91 Å². The van der Waals surface area contributed by atoms with Crippen LogP contribution in [0.25, 0.3) is 0 Å². The van der Waals surface area contributed by atoms with Gasteiger partial charge in [-0.25, -0.2) is 4.98 Å². The molecule has 0 aromatic carbocycles. The summed E-state index contributed by atoms with van der Waals surface area (Å²) in [4.78, 5) is 14.5. The molecule has 1 amide bonds. The van der Waals surface area contributed by atoms with Crippen molar-refractivity contribution < 1.29 is 9.53 Å². The minimum atomic E-state index is -0.590. The van der Waals surface area contributed by atoms with Crippen molar-refractivity contribution in [3.63, 3.8) is 0 Å². The monoisotopic (exact) mass is 167 g/mol. The van der Waals surface area contributed by atoms with Gasteiger partial charge in [0.15, 0.2) is 0 Å². The largest absolute Gasteiger partial charge is 0.480 e. The van der Waals surface area contributed by atoms with Gasteiger partial charge in [0, 0.05) is 6.20 Å². The zero-order chi connectivity index (χ0) is 9.14. The first-order valence-corrected chi connectivity index (χ1v) is 3.25. The molecule has 0 fully saturated rings. The van der Waals surface area contributed by atoms with E-state index in [9.17, 15) is 4.79 Å². The van der Waals surface area contributed by atoms with E-state index in [0.29, 0.717) is 0 Å². The molecule has 0 spiro atoms. The van der Waals surface area contributed by atoms with Crippen molar-refractivity contribution in [3.05, 3.63) is 17.8 Å². The van der Waals surface area contributed by atoms with Crippen LogP contribution in [0.1, 0.15) is 10.4 Å². The number of hydrogen-bond acceptors (Lipinski definition) is 4. The summed E-state index contributed by atoms with van der Waals surface area (Å²) in [5.74, 6) is -0.375. The first-order chi connectivity index (χ1) is 5.66. The normalized spacial score (nSPS) is 9.42. The van der Waals surface area contributed by atoms with Crippen molar-refractivity contribution in [2.24, 2.45) is 5.73 Å². The van der Waals surface area contributed by atoms with Gasteiger partial charge >= 0.3 is 0 Å². The van der Waals surface area contributed by atoms with Gasteiger partial charge in [-0.2, -0.15) is 0 Å². The Balaban J connectivity index is 3.23. The maximum absolute atomic E-state index is 10.7. The average molecular weight is 167 g/mol. The predicted octanol–water partition coefficient (Wildman–Crippen LogP) is -0.229. The Kier molecular flexibility index (Phi) is 2.14. The molecule has 1 aromatic heterocycles. The number of methoxy groups -OCH3 is 1. The zero-order valence-electron chi connectivity index (χ0n) is 6.57. The Morgan fingerprint density at radius 3 is 2.83 bits per heavy atom. The van der Waals surface area contributed by atoms with Crippen molar-refractivity contribution in [3.8, 4) is 5.88 Å². The molecule has 12 heavy (non-hydrogen) atoms. The van der Waals surface area contributed by atoms with E-state index in [0.717, 1.165) is 0 Å². The first-order valence-electron chi connectivity index (χ1n) is 3.25. The zero-order valence-corrected chi connectivity index (χ0v) is 6.57. The molecule has 1 aromatic rings. The predicted molar refractivity (Wildman–Crippen MR) is 43.7 cm³/mol. The lowest BCUT2D eigenvalue weighted by atomic mass is 10.2. The van der Waals surface area contributed by atoms with E-state index in [1.54, 1.807) is 0 Å². The van der Waals surface area contributed by atoms with Crippen LogP contribution < -0.4 is 16.2 Å². The number of primary amides is 1. The minimum Gasteiger partial charge on any atom is -0.480 e. The van der Waals surface area contributed by atoms with Crippen LogP contribution >= 0.6 is 0 Å². The van der Waals surface area contributed by atoms with Crippen molar-refractivity contribution >= 4 is 11.6 Å². The quantitative estimate of drug-likeness (QED) is 0.636. The molecule has 0 aliphatic rings. The molecule has 0 radical (unpaired) electrons. The highest BCUT2D eigenvalue weighted by Crippen LogP contribution is 2.20. The molecule has 4 N–H and O–H groups in total. The van der Waals surface area contributed by atoms with Crippen molar-refractivity contribution in [2.45, 2.75) is 0 Å². The fourth-order valence-electron chi connectivity index (χ4n) is 0.832. The second kappa shape index (κ2) is 3.08. The summed E-state index contributed by atoms with van der Waals surface area (Å²) >= 11 is 0. The summed E-state index contributed by atoms with van der Waals surface area (Å²) in [6.07, 6.45) is 1.41. The average Bonchev–Trinajstić information content (AvgIpc) is 2.04. The molecule has 0 atom stereocenters. The molecular weight excluding hydrogens is 158 g/mol. The maximum atomic E-state index is 10.7. The van der Waals surface area contributed by atoms with Crippen LogP contribution in [-0.2, 0) is 0 Å². The molecule has 1 heterocycles. The van der Waals surface area contributed by atoms with Gasteiger partial charge in [-0.05, 0) is 6.07 Å². The third-order valence-electron chi connectivity index (χ3n) is 1.41. The molecule has 5 heteroatoms. The number of pyridine rings is 1. The van der Waals surface area contributed by atoms with Gasteiger partial charge in [0.1, 0.15) is 5.69 Å². The van der Waals surface area contributed by atoms with Crippen molar-refractivity contribution in [1.82, 2.24) is 4.98 Å². The van der Waals surface area contributed by atoms with Crippen molar-refractivity contribution in [2.75, 3.05) is 12.8 Å². The summed E-state index contributed by atoms with van der Waals surface area (Å²) in [7, 11) is 1.42. The Bertz CT molecular complexity index is 312. The van der Waals surface area contributed by atoms with Gasteiger partial charge in [-0.3, -0.25) is 4.79 Å². The highest BCUT2D eigenvalue weighted by Gasteiger charge is 2.09. The van der Waals surface area contributed by atoms with E-state index >= 15 is 0 Å². The number of nitrogens with zero attached hydrogens (tertiary/aromatic N) is 1. The summed E-state index contributed by atoms with van der Waals surface area (Å²) in [5.41, 5.74) is 10.9. The number of amides is 1. The summed E-state index contributed by atoms with van der Waals surface area (Å²) in [5, 5.41) is 0. The van der Waals surface area contributed by atoms with Crippen LogP contribution in [0.2, 0.25) is 0 Å². The van der Waals surface area contributed by atoms with Gasteiger partial charge < -0.3 is 16.2 Å². The number of carbonyl (C=O) groups excluding carboxylic acids is 1. The Hall–Kier alpha value is -1.78. The summed E-state index contributed by atoms with van der Waals surface area (Å²) in [6.45, 7) is 0. The molecule has 0 saturated carbocycles. The number of anilines is 1. The van der Waals surface area contributed by atoms with Gasteiger partial charge in [0.2, 0.25) is 5.88 Å². The smallest absolute Gasteiger partial charge is 0.251 e. The van der Waals surface area contributed by atoms with Crippen LogP contribution in [0.5, 0.6) is 5.88 Å². The molecule has 0 aliphatic carbocycles. The van der Waals surface area contributed by atoms with Gasteiger partial charge in [0.05, 0.1) is 12.7 Å². The van der Waals surface area contributed by atoms with Gasteiger partial charge in [-0.15, -0.1) is 0 Å². The highest BCUT2D eigenvalue weighted by atomic mass is 16.5. The number of ether oxygens (including phenoxy) is 1. The minimum absolute atomic E-state index is 0.174. The number of hydrogen-bond donors (Lipinski definition) is 2. The molecule has 64 valence electrons. The fraction of sp³-hybridized carbons (Fsp3) is 0.143. The van der Waals surface area contributed by atoms with E-state index in [4.69, 9.17) is 16.2 Å². The molecule has 5 nitrogen and oxygen atoms in total. The number of rotatable bonds is 2. The Morgan fingerprint density at radius 2 is 2.33 bits per heavy atom. The van der Waals surface area contributed by atoms with E-state index < -0.39 is 5.91 Å². The third kappa shape index (κ3) is 1.29. The molecule has 0 aliphatic heterocycles. The highest BCUT2D eigenvalue weighted by molar-refractivity contribution is 5.98. The SMILES string of the molecule is COc1nccc(C(N)=O)c1N. The van der Waals surface area contributed by atoms with Crippen LogP contribution in [-0.4, -0.2) is 18.0 Å². The lowest BCUT2D eigenvalue weighted by Gasteiger charge is -2.04. The van der Waals surface area contributed by atoms with Crippen molar-refractivity contribution in [1.29, 1.82) is 0 Å². The number of nitrogens with two attached hydrogens (primary N) is 2. The van der Waals surface area contributed by atoms with Gasteiger partial charge in [-0.1, -0.05) is 0 Å². The first kappa shape index (κ1) is 8.32. The van der Waals surface area contributed by atoms with E-state index in [1.807, 2.05) is 0 Å². The third-order valence-corrected chi connectivity index (χ3v) is 1.41. The lowest BCUT2D eigenvalue weighted by molar-refractivity contribution is 0.100. The van der Waals surface area contributed by atoms with Crippen LogP contribution in [0.15, 0.2) is 12.3 Å². The Labute approximate surface area is 69.3 Å². The molecule has 1 rings (SSSR count). The summed E-state index contributed by atoms with van der Waals surface area (Å²) in [6, 6.07) is 1.44. The molecule has 0 unspecified atom stereocenters. The topological polar surface area (TPSA) is 91.2 Å². The molecule has 0 bridgehead atoms. The van der Waals surface area contributed by atoms with Crippen LogP contribution in [0.3, 0.4) is 0 Å². The standard InChI is InChI=1S/C7H9N3O2/c1-12-7-5(8)4(6(9)11)2-3-10-7/h2-3H,8H2,1H3,(H2,9,11). The second-order valence-corrected chi connectivity index (χ2v) is 2.15. The lowest BCUT2D eigenvalue weighted by Crippen LogP contribution is -2.14. The fourth-order valence-corrected chi connectivity index (χ4v) is 0.832. The maximum Gasteiger partial charge on any atom is 0.251 e. The van der Waals surface area contributed by atoms with E-state index in [1.165, 1.54) is 19.4 Å².